The molecule has 0 aromatic carbocycles. The van der Waals surface area contributed by atoms with Crippen LogP contribution in [0.3, 0.4) is 0 Å². The molecule has 2 heterocycles. The molecule has 1 aliphatic heterocycles. The van der Waals surface area contributed by atoms with E-state index in [1.165, 1.54) is 17.8 Å². The van der Waals surface area contributed by atoms with E-state index in [1.54, 1.807) is 5.38 Å². The molecule has 1 aliphatic rings. The van der Waals surface area contributed by atoms with Gasteiger partial charge in [-0.2, -0.15) is 0 Å². The summed E-state index contributed by atoms with van der Waals surface area (Å²) in [5, 5.41) is 5.18. The second-order valence-corrected chi connectivity index (χ2v) is 5.55. The maximum absolute atomic E-state index is 11.9. The van der Waals surface area contributed by atoms with Crippen LogP contribution in [0.4, 0.5) is 5.13 Å². The monoisotopic (exact) mass is 268 g/mol. The summed E-state index contributed by atoms with van der Waals surface area (Å²) in [6.07, 6.45) is 3.23. The van der Waals surface area contributed by atoms with Gasteiger partial charge in [-0.15, -0.1) is 11.3 Å². The molecule has 0 aliphatic carbocycles. The van der Waals surface area contributed by atoms with E-state index in [2.05, 4.69) is 22.1 Å². The van der Waals surface area contributed by atoms with E-state index in [1.807, 2.05) is 0 Å². The summed E-state index contributed by atoms with van der Waals surface area (Å²) < 4.78 is 0. The quantitative estimate of drug-likeness (QED) is 0.864. The lowest BCUT2D eigenvalue weighted by Crippen LogP contribution is -2.44. The number of thiazole rings is 1. The van der Waals surface area contributed by atoms with E-state index in [4.69, 9.17) is 5.73 Å². The van der Waals surface area contributed by atoms with Crippen molar-refractivity contribution >= 4 is 22.4 Å². The van der Waals surface area contributed by atoms with Crippen molar-refractivity contribution in [3.63, 3.8) is 0 Å². The zero-order valence-electron chi connectivity index (χ0n) is 10.7. The SMILES string of the molecule is CCCN1CCC(NC(=O)c2csc(N)n2)CC1. The molecular weight excluding hydrogens is 248 g/mol. The Hall–Kier alpha value is -1.14. The number of carbonyl (C=O) groups is 1. The molecule has 0 spiro atoms. The highest BCUT2D eigenvalue weighted by Crippen LogP contribution is 2.14. The molecule has 5 nitrogen and oxygen atoms in total. The fourth-order valence-corrected chi connectivity index (χ4v) is 2.81. The fraction of sp³-hybridized carbons (Fsp3) is 0.667. The van der Waals surface area contributed by atoms with Gasteiger partial charge in [-0.25, -0.2) is 4.98 Å². The molecule has 3 N–H and O–H groups in total. The Bertz CT molecular complexity index is 399. The minimum absolute atomic E-state index is 0.100. The predicted octanol–water partition coefficient (Wildman–Crippen LogP) is 1.33. The summed E-state index contributed by atoms with van der Waals surface area (Å²) in [6.45, 7) is 5.49. The summed E-state index contributed by atoms with van der Waals surface area (Å²) in [5.74, 6) is -0.100. The maximum atomic E-state index is 11.9. The summed E-state index contributed by atoms with van der Waals surface area (Å²) in [4.78, 5) is 18.3. The number of anilines is 1. The number of nitrogen functional groups attached to an aromatic ring is 1. The van der Waals surface area contributed by atoms with Crippen LogP contribution in [0.2, 0.25) is 0 Å². The molecule has 0 atom stereocenters. The normalized spacial score (nSPS) is 17.8. The van der Waals surface area contributed by atoms with E-state index in [9.17, 15) is 4.79 Å². The Morgan fingerprint density at radius 3 is 2.89 bits per heavy atom. The fourth-order valence-electron chi connectivity index (χ4n) is 2.27. The van der Waals surface area contributed by atoms with Crippen molar-refractivity contribution in [2.24, 2.45) is 0 Å². The number of nitrogens with one attached hydrogen (secondary N) is 1. The lowest BCUT2D eigenvalue weighted by atomic mass is 10.0. The number of amides is 1. The first-order valence-electron chi connectivity index (χ1n) is 6.43. The van der Waals surface area contributed by atoms with Crippen LogP contribution < -0.4 is 11.1 Å². The third-order valence-electron chi connectivity index (χ3n) is 3.22. The first-order valence-corrected chi connectivity index (χ1v) is 7.31. The second kappa shape index (κ2) is 6.15. The number of rotatable bonds is 4. The van der Waals surface area contributed by atoms with Crippen molar-refractivity contribution in [1.82, 2.24) is 15.2 Å². The van der Waals surface area contributed by atoms with Crippen molar-refractivity contribution in [2.75, 3.05) is 25.4 Å². The third kappa shape index (κ3) is 3.43. The highest BCUT2D eigenvalue weighted by atomic mass is 32.1. The molecule has 1 aromatic rings. The van der Waals surface area contributed by atoms with E-state index in [-0.39, 0.29) is 11.9 Å². The van der Waals surface area contributed by atoms with Gasteiger partial charge in [-0.3, -0.25) is 4.79 Å². The van der Waals surface area contributed by atoms with Gasteiger partial charge in [-0.05, 0) is 25.8 Å². The summed E-state index contributed by atoms with van der Waals surface area (Å²) in [5.41, 5.74) is 5.96. The van der Waals surface area contributed by atoms with Crippen LogP contribution >= 0.6 is 11.3 Å². The maximum Gasteiger partial charge on any atom is 0.271 e. The Labute approximate surface area is 111 Å². The molecule has 2 rings (SSSR count). The van der Waals surface area contributed by atoms with Crippen LogP contribution in [0.25, 0.3) is 0 Å². The van der Waals surface area contributed by atoms with Gasteiger partial charge >= 0.3 is 0 Å². The van der Waals surface area contributed by atoms with Crippen molar-refractivity contribution in [2.45, 2.75) is 32.2 Å². The first-order chi connectivity index (χ1) is 8.69. The molecular formula is C12H20N4OS. The Morgan fingerprint density at radius 2 is 2.33 bits per heavy atom. The first kappa shape index (κ1) is 13.3. The Kier molecular flexibility index (Phi) is 4.54. The van der Waals surface area contributed by atoms with Crippen LogP contribution in [-0.4, -0.2) is 41.5 Å². The molecule has 100 valence electrons. The standard InChI is InChI=1S/C12H20N4OS/c1-2-5-16-6-3-9(4-7-16)14-11(17)10-8-18-12(13)15-10/h8-9H,2-7H2,1H3,(H2,13,15)(H,14,17). The van der Waals surface area contributed by atoms with Crippen LogP contribution in [0.5, 0.6) is 0 Å². The Balaban J connectivity index is 1.79. The van der Waals surface area contributed by atoms with Crippen molar-refractivity contribution in [1.29, 1.82) is 0 Å². The van der Waals surface area contributed by atoms with Gasteiger partial charge in [0, 0.05) is 24.5 Å². The van der Waals surface area contributed by atoms with Gasteiger partial charge in [-0.1, -0.05) is 6.92 Å². The summed E-state index contributed by atoms with van der Waals surface area (Å²) in [7, 11) is 0. The molecule has 18 heavy (non-hydrogen) atoms. The highest BCUT2D eigenvalue weighted by Gasteiger charge is 2.21. The molecule has 0 unspecified atom stereocenters. The number of nitrogens with zero attached hydrogens (tertiary/aromatic N) is 2. The lowest BCUT2D eigenvalue weighted by Gasteiger charge is -2.31. The largest absolute Gasteiger partial charge is 0.375 e. The average Bonchev–Trinajstić information content (AvgIpc) is 2.79. The number of hydrogen-bond donors (Lipinski definition) is 2. The minimum Gasteiger partial charge on any atom is -0.375 e. The lowest BCUT2D eigenvalue weighted by molar-refractivity contribution is 0.0907. The summed E-state index contributed by atoms with van der Waals surface area (Å²) in [6, 6.07) is 0.272. The van der Waals surface area contributed by atoms with Crippen LogP contribution in [0.15, 0.2) is 5.38 Å². The van der Waals surface area contributed by atoms with Crippen molar-refractivity contribution in [3.05, 3.63) is 11.1 Å². The Morgan fingerprint density at radius 1 is 1.61 bits per heavy atom. The summed E-state index contributed by atoms with van der Waals surface area (Å²) >= 11 is 1.30. The van der Waals surface area contributed by atoms with Gasteiger partial charge < -0.3 is 16.0 Å². The molecule has 1 saturated heterocycles. The highest BCUT2D eigenvalue weighted by molar-refractivity contribution is 7.13. The van der Waals surface area contributed by atoms with Crippen molar-refractivity contribution in [3.8, 4) is 0 Å². The average molecular weight is 268 g/mol. The van der Waals surface area contributed by atoms with E-state index >= 15 is 0 Å². The number of piperidine rings is 1. The van der Waals surface area contributed by atoms with Crippen LogP contribution in [0.1, 0.15) is 36.7 Å². The van der Waals surface area contributed by atoms with Gasteiger partial charge in [0.2, 0.25) is 0 Å². The van der Waals surface area contributed by atoms with E-state index in [0.717, 1.165) is 32.5 Å². The molecule has 1 aromatic heterocycles. The number of likely N-dealkylation sites (tertiary alicyclic amines) is 1. The minimum atomic E-state index is -0.100. The number of carbonyl (C=O) groups excluding carboxylic acids is 1. The number of hydrogen-bond acceptors (Lipinski definition) is 5. The number of aromatic nitrogens is 1. The van der Waals surface area contributed by atoms with Crippen molar-refractivity contribution < 1.29 is 4.79 Å². The molecule has 1 amide bonds. The molecule has 0 bridgehead atoms. The topological polar surface area (TPSA) is 71.2 Å². The zero-order valence-corrected chi connectivity index (χ0v) is 11.5. The van der Waals surface area contributed by atoms with Gasteiger partial charge in [0.05, 0.1) is 0 Å². The molecule has 1 fully saturated rings. The molecule has 0 saturated carbocycles. The van der Waals surface area contributed by atoms with Crippen LogP contribution in [-0.2, 0) is 0 Å². The van der Waals surface area contributed by atoms with E-state index in [0.29, 0.717) is 10.8 Å². The molecule has 0 radical (unpaired) electrons. The zero-order chi connectivity index (χ0) is 13.0. The van der Waals surface area contributed by atoms with Gasteiger partial charge in [0.15, 0.2) is 5.13 Å². The smallest absolute Gasteiger partial charge is 0.271 e. The van der Waals surface area contributed by atoms with E-state index < -0.39 is 0 Å². The second-order valence-electron chi connectivity index (χ2n) is 4.66. The number of nitrogens with two attached hydrogens (primary N) is 1. The molecule has 6 heteroatoms. The predicted molar refractivity (Wildman–Crippen MR) is 73.7 cm³/mol. The third-order valence-corrected chi connectivity index (χ3v) is 3.89. The van der Waals surface area contributed by atoms with Gasteiger partial charge in [0.1, 0.15) is 5.69 Å². The van der Waals surface area contributed by atoms with Gasteiger partial charge in [0.25, 0.3) is 5.91 Å². The van der Waals surface area contributed by atoms with Crippen LogP contribution in [0, 0.1) is 0 Å².